The topological polar surface area (TPSA) is 98.9 Å². The van der Waals surface area contributed by atoms with Crippen molar-refractivity contribution >= 4 is 28.4 Å². The van der Waals surface area contributed by atoms with Gasteiger partial charge in [-0.3, -0.25) is 14.7 Å². The van der Waals surface area contributed by atoms with Gasteiger partial charge in [0.25, 0.3) is 5.91 Å². The smallest absolute Gasteiger partial charge is 0.272 e. The number of hydrogen-bond acceptors (Lipinski definition) is 4. The Morgan fingerprint density at radius 1 is 1.07 bits per heavy atom. The van der Waals surface area contributed by atoms with Crippen molar-refractivity contribution in [3.63, 3.8) is 0 Å². The molecule has 0 bridgehead atoms. The van der Waals surface area contributed by atoms with Crippen LogP contribution in [0.1, 0.15) is 29.4 Å². The lowest BCUT2D eigenvalue weighted by Crippen LogP contribution is -2.28. The van der Waals surface area contributed by atoms with Crippen LogP contribution in [-0.4, -0.2) is 35.1 Å². The Kier molecular flexibility index (Phi) is 6.17. The Morgan fingerprint density at radius 3 is 2.70 bits per heavy atom. The predicted octanol–water partition coefficient (Wildman–Crippen LogP) is 2.43. The maximum Gasteiger partial charge on any atom is 0.272 e. The number of rotatable bonds is 8. The summed E-state index contributed by atoms with van der Waals surface area (Å²) < 4.78 is 0. The molecular formula is C20H23N5O2. The normalized spacial score (nSPS) is 10.7. The number of amides is 2. The molecule has 2 aromatic carbocycles. The van der Waals surface area contributed by atoms with E-state index in [0.717, 1.165) is 28.7 Å². The Balaban J connectivity index is 1.52. The third-order valence-electron chi connectivity index (χ3n) is 4.18. The van der Waals surface area contributed by atoms with Crippen molar-refractivity contribution < 1.29 is 9.59 Å². The lowest BCUT2D eigenvalue weighted by molar-refractivity contribution is -0.116. The van der Waals surface area contributed by atoms with Gasteiger partial charge in [-0.05, 0) is 24.2 Å². The lowest BCUT2D eigenvalue weighted by Gasteiger charge is -2.11. The standard InChI is InChI=1S/C20H23N5O2/c1-2-21-13-14-7-3-5-9-16(14)23-18(26)11-12-22-20(27)19-15-8-4-6-10-17(15)24-25-19/h3-10,21H,2,11-13H2,1H3,(H,22,27)(H,23,26)(H,24,25). The zero-order chi connectivity index (χ0) is 19.1. The van der Waals surface area contributed by atoms with Gasteiger partial charge in [0.2, 0.25) is 5.91 Å². The number of para-hydroxylation sites is 2. The van der Waals surface area contributed by atoms with Gasteiger partial charge in [-0.25, -0.2) is 0 Å². The number of anilines is 1. The van der Waals surface area contributed by atoms with Crippen molar-refractivity contribution in [1.29, 1.82) is 0 Å². The van der Waals surface area contributed by atoms with Crippen LogP contribution in [0.5, 0.6) is 0 Å². The van der Waals surface area contributed by atoms with Crippen LogP contribution in [0.15, 0.2) is 48.5 Å². The molecule has 2 amide bonds. The van der Waals surface area contributed by atoms with E-state index in [1.54, 1.807) is 0 Å². The summed E-state index contributed by atoms with van der Waals surface area (Å²) in [7, 11) is 0. The van der Waals surface area contributed by atoms with Crippen molar-refractivity contribution in [3.8, 4) is 0 Å². The summed E-state index contributed by atoms with van der Waals surface area (Å²) in [6.07, 6.45) is 0.184. The number of carbonyl (C=O) groups is 2. The van der Waals surface area contributed by atoms with Crippen molar-refractivity contribution in [1.82, 2.24) is 20.8 Å². The highest BCUT2D eigenvalue weighted by Gasteiger charge is 2.14. The zero-order valence-electron chi connectivity index (χ0n) is 15.2. The number of carbonyl (C=O) groups excluding carboxylic acids is 2. The monoisotopic (exact) mass is 365 g/mol. The van der Waals surface area contributed by atoms with E-state index in [2.05, 4.69) is 26.1 Å². The summed E-state index contributed by atoms with van der Waals surface area (Å²) >= 11 is 0. The minimum atomic E-state index is -0.298. The van der Waals surface area contributed by atoms with E-state index in [1.807, 2.05) is 55.5 Å². The molecule has 4 N–H and O–H groups in total. The van der Waals surface area contributed by atoms with E-state index in [4.69, 9.17) is 0 Å². The number of aromatic nitrogens is 2. The quantitative estimate of drug-likeness (QED) is 0.493. The molecule has 0 saturated heterocycles. The van der Waals surface area contributed by atoms with E-state index >= 15 is 0 Å². The van der Waals surface area contributed by atoms with Crippen LogP contribution < -0.4 is 16.0 Å². The largest absolute Gasteiger partial charge is 0.350 e. The minimum Gasteiger partial charge on any atom is -0.350 e. The van der Waals surface area contributed by atoms with Crippen LogP contribution in [0.2, 0.25) is 0 Å². The molecule has 0 unspecified atom stereocenters. The molecule has 27 heavy (non-hydrogen) atoms. The molecule has 7 heteroatoms. The zero-order valence-corrected chi connectivity index (χ0v) is 15.2. The van der Waals surface area contributed by atoms with Crippen LogP contribution in [0.4, 0.5) is 5.69 Å². The summed E-state index contributed by atoms with van der Waals surface area (Å²) in [5.41, 5.74) is 2.95. The summed E-state index contributed by atoms with van der Waals surface area (Å²) in [5, 5.41) is 16.5. The second-order valence-electron chi connectivity index (χ2n) is 6.11. The molecule has 0 atom stereocenters. The summed E-state index contributed by atoms with van der Waals surface area (Å²) in [4.78, 5) is 24.5. The van der Waals surface area contributed by atoms with Gasteiger partial charge in [-0.2, -0.15) is 5.10 Å². The fraction of sp³-hybridized carbons (Fsp3) is 0.250. The second kappa shape index (κ2) is 8.95. The average Bonchev–Trinajstić information content (AvgIpc) is 3.11. The van der Waals surface area contributed by atoms with Gasteiger partial charge in [0.05, 0.1) is 5.52 Å². The van der Waals surface area contributed by atoms with E-state index in [-0.39, 0.29) is 24.8 Å². The molecule has 0 spiro atoms. The van der Waals surface area contributed by atoms with Crippen molar-refractivity contribution in [2.24, 2.45) is 0 Å². The van der Waals surface area contributed by atoms with Crippen molar-refractivity contribution in [2.75, 3.05) is 18.4 Å². The second-order valence-corrected chi connectivity index (χ2v) is 6.11. The molecule has 0 aliphatic carbocycles. The Morgan fingerprint density at radius 2 is 1.85 bits per heavy atom. The SMILES string of the molecule is CCNCc1ccccc1NC(=O)CCNC(=O)c1n[nH]c2ccccc12. The van der Waals surface area contributed by atoms with E-state index in [9.17, 15) is 9.59 Å². The summed E-state index contributed by atoms with van der Waals surface area (Å²) in [6, 6.07) is 15.1. The molecule has 1 heterocycles. The lowest BCUT2D eigenvalue weighted by atomic mass is 10.1. The first-order chi connectivity index (χ1) is 13.2. The number of fused-ring (bicyclic) bond motifs is 1. The molecule has 3 aromatic rings. The van der Waals surface area contributed by atoms with Crippen LogP contribution in [0.25, 0.3) is 10.9 Å². The summed E-state index contributed by atoms with van der Waals surface area (Å²) in [5.74, 6) is -0.445. The number of nitrogens with zero attached hydrogens (tertiary/aromatic N) is 1. The Labute approximate surface area is 157 Å². The number of benzene rings is 2. The first kappa shape index (κ1) is 18.6. The first-order valence-electron chi connectivity index (χ1n) is 8.99. The number of nitrogens with one attached hydrogen (secondary N) is 4. The van der Waals surface area contributed by atoms with Crippen molar-refractivity contribution in [2.45, 2.75) is 19.9 Å². The summed E-state index contributed by atoms with van der Waals surface area (Å²) in [6.45, 7) is 3.82. The first-order valence-corrected chi connectivity index (χ1v) is 8.99. The Bertz CT molecular complexity index is 935. The Hall–Kier alpha value is -3.19. The van der Waals surface area contributed by atoms with E-state index < -0.39 is 0 Å². The number of H-pyrrole nitrogens is 1. The van der Waals surface area contributed by atoms with Gasteiger partial charge in [0, 0.05) is 30.6 Å². The molecule has 0 aliphatic heterocycles. The van der Waals surface area contributed by atoms with Gasteiger partial charge in [0.1, 0.15) is 0 Å². The highest BCUT2D eigenvalue weighted by molar-refractivity contribution is 6.04. The third-order valence-corrected chi connectivity index (χ3v) is 4.18. The van der Waals surface area contributed by atoms with Crippen LogP contribution in [-0.2, 0) is 11.3 Å². The molecule has 0 fully saturated rings. The van der Waals surface area contributed by atoms with Gasteiger partial charge in [-0.15, -0.1) is 0 Å². The molecule has 3 rings (SSSR count). The third kappa shape index (κ3) is 4.71. The highest BCUT2D eigenvalue weighted by Crippen LogP contribution is 2.16. The van der Waals surface area contributed by atoms with E-state index in [1.165, 1.54) is 0 Å². The highest BCUT2D eigenvalue weighted by atomic mass is 16.2. The van der Waals surface area contributed by atoms with Gasteiger partial charge in [-0.1, -0.05) is 43.3 Å². The number of aromatic amines is 1. The van der Waals surface area contributed by atoms with Crippen LogP contribution in [0.3, 0.4) is 0 Å². The maximum atomic E-state index is 12.3. The van der Waals surface area contributed by atoms with Crippen LogP contribution in [0, 0.1) is 0 Å². The maximum absolute atomic E-state index is 12.3. The van der Waals surface area contributed by atoms with Gasteiger partial charge in [0.15, 0.2) is 5.69 Å². The molecule has 140 valence electrons. The average molecular weight is 365 g/mol. The molecule has 0 aliphatic rings. The van der Waals surface area contributed by atoms with Gasteiger partial charge >= 0.3 is 0 Å². The molecule has 0 saturated carbocycles. The molecule has 7 nitrogen and oxygen atoms in total. The van der Waals surface area contributed by atoms with Crippen LogP contribution >= 0.6 is 0 Å². The molecular weight excluding hydrogens is 342 g/mol. The van der Waals surface area contributed by atoms with Gasteiger partial charge < -0.3 is 16.0 Å². The van der Waals surface area contributed by atoms with E-state index in [0.29, 0.717) is 12.2 Å². The van der Waals surface area contributed by atoms with Crippen molar-refractivity contribution in [3.05, 3.63) is 59.8 Å². The minimum absolute atomic E-state index is 0.147. The predicted molar refractivity (Wildman–Crippen MR) is 105 cm³/mol. The fourth-order valence-corrected chi connectivity index (χ4v) is 2.78. The molecule has 0 radical (unpaired) electrons. The fourth-order valence-electron chi connectivity index (χ4n) is 2.78. The molecule has 1 aromatic heterocycles. The number of hydrogen-bond donors (Lipinski definition) is 4.